The number of hydrogen-bond acceptors (Lipinski definition) is 3. The number of aryl methyl sites for hydroxylation is 2. The Balaban J connectivity index is 2.55. The molecule has 88 valence electrons. The molecule has 2 aromatic rings. The minimum absolute atomic E-state index is 0.326. The molecule has 3 nitrogen and oxygen atoms in total. The van der Waals surface area contributed by atoms with Crippen molar-refractivity contribution in [3.8, 4) is 11.3 Å². The predicted octanol–water partition coefficient (Wildman–Crippen LogP) is 2.94. The Morgan fingerprint density at radius 2 is 1.94 bits per heavy atom. The van der Waals surface area contributed by atoms with E-state index in [-0.39, 0.29) is 0 Å². The Morgan fingerprint density at radius 3 is 2.59 bits per heavy atom. The Labute approximate surface area is 99.7 Å². The van der Waals surface area contributed by atoms with E-state index in [1.165, 1.54) is 11.8 Å². The van der Waals surface area contributed by atoms with Gasteiger partial charge in [-0.3, -0.25) is 0 Å². The van der Waals surface area contributed by atoms with Crippen LogP contribution in [0.4, 0.5) is 10.3 Å². The average Bonchev–Trinajstić information content (AvgIpc) is 2.33. The quantitative estimate of drug-likeness (QED) is 0.863. The second-order valence-electron chi connectivity index (χ2n) is 3.94. The lowest BCUT2D eigenvalue weighted by Gasteiger charge is -2.07. The summed E-state index contributed by atoms with van der Waals surface area (Å²) in [7, 11) is 1.71. The number of anilines is 1. The van der Waals surface area contributed by atoms with Gasteiger partial charge in [0.1, 0.15) is 5.69 Å². The van der Waals surface area contributed by atoms with Crippen LogP contribution in [-0.4, -0.2) is 17.0 Å². The van der Waals surface area contributed by atoms with Gasteiger partial charge in [-0.25, -0.2) is 14.4 Å². The van der Waals surface area contributed by atoms with Crippen LogP contribution in [0.25, 0.3) is 11.3 Å². The Kier molecular flexibility index (Phi) is 3.04. The van der Waals surface area contributed by atoms with Crippen molar-refractivity contribution >= 4 is 5.95 Å². The lowest BCUT2D eigenvalue weighted by atomic mass is 10.0. The first-order valence-electron chi connectivity index (χ1n) is 5.39. The van der Waals surface area contributed by atoms with Gasteiger partial charge in [0.25, 0.3) is 0 Å². The molecule has 0 aliphatic carbocycles. The normalized spacial score (nSPS) is 10.4. The van der Waals surface area contributed by atoms with Crippen LogP contribution < -0.4 is 5.32 Å². The van der Waals surface area contributed by atoms with E-state index in [0.717, 1.165) is 11.1 Å². The smallest absolute Gasteiger partial charge is 0.223 e. The Hall–Kier alpha value is -1.97. The van der Waals surface area contributed by atoms with Gasteiger partial charge < -0.3 is 5.32 Å². The average molecular weight is 231 g/mol. The third-order valence-electron chi connectivity index (χ3n) is 2.75. The van der Waals surface area contributed by atoms with Gasteiger partial charge >= 0.3 is 0 Å². The molecular weight excluding hydrogens is 217 g/mol. The minimum Gasteiger partial charge on any atom is -0.357 e. The van der Waals surface area contributed by atoms with Gasteiger partial charge in [-0.05, 0) is 31.0 Å². The summed E-state index contributed by atoms with van der Waals surface area (Å²) >= 11 is 0. The first-order chi connectivity index (χ1) is 8.11. The molecule has 0 atom stereocenters. The van der Waals surface area contributed by atoms with Gasteiger partial charge in [-0.1, -0.05) is 12.1 Å². The van der Waals surface area contributed by atoms with Crippen molar-refractivity contribution in [2.45, 2.75) is 13.8 Å². The van der Waals surface area contributed by atoms with Crippen molar-refractivity contribution in [1.29, 1.82) is 0 Å². The number of benzene rings is 1. The molecule has 0 radical (unpaired) electrons. The largest absolute Gasteiger partial charge is 0.357 e. The van der Waals surface area contributed by atoms with E-state index in [9.17, 15) is 4.39 Å². The number of nitrogens with zero attached hydrogens (tertiary/aromatic N) is 2. The van der Waals surface area contributed by atoms with Crippen LogP contribution in [-0.2, 0) is 0 Å². The lowest BCUT2D eigenvalue weighted by molar-refractivity contribution is 0.619. The van der Waals surface area contributed by atoms with Crippen molar-refractivity contribution in [3.63, 3.8) is 0 Å². The molecular formula is C13H14FN3. The third-order valence-corrected chi connectivity index (χ3v) is 2.75. The first-order valence-corrected chi connectivity index (χ1v) is 5.39. The zero-order valence-electron chi connectivity index (χ0n) is 10.1. The van der Waals surface area contributed by atoms with Crippen LogP contribution in [0.15, 0.2) is 24.4 Å². The van der Waals surface area contributed by atoms with Crippen molar-refractivity contribution in [3.05, 3.63) is 41.3 Å². The monoisotopic (exact) mass is 231 g/mol. The minimum atomic E-state index is -0.410. The standard InChI is InChI=1S/C13H14FN3/c1-8-4-5-10(6-9(8)2)12-11(14)7-16-13(15-3)17-12/h4-7H,1-3H3,(H,15,16,17). The van der Waals surface area contributed by atoms with E-state index in [0.29, 0.717) is 11.6 Å². The van der Waals surface area contributed by atoms with Crippen LogP contribution in [0.3, 0.4) is 0 Å². The molecule has 1 heterocycles. The molecule has 0 aliphatic heterocycles. The summed E-state index contributed by atoms with van der Waals surface area (Å²) in [4.78, 5) is 7.96. The van der Waals surface area contributed by atoms with Gasteiger partial charge in [0.2, 0.25) is 5.95 Å². The number of rotatable bonds is 2. The van der Waals surface area contributed by atoms with Crippen LogP contribution in [0.1, 0.15) is 11.1 Å². The molecule has 1 aromatic heterocycles. The summed E-state index contributed by atoms with van der Waals surface area (Å²) in [5.41, 5.74) is 3.39. The van der Waals surface area contributed by atoms with E-state index in [2.05, 4.69) is 15.3 Å². The fourth-order valence-electron chi connectivity index (χ4n) is 1.58. The van der Waals surface area contributed by atoms with Crippen molar-refractivity contribution in [2.75, 3.05) is 12.4 Å². The van der Waals surface area contributed by atoms with Gasteiger partial charge in [0.15, 0.2) is 5.82 Å². The zero-order valence-corrected chi connectivity index (χ0v) is 10.1. The second-order valence-corrected chi connectivity index (χ2v) is 3.94. The molecule has 0 bridgehead atoms. The Bertz CT molecular complexity index is 552. The van der Waals surface area contributed by atoms with Crippen molar-refractivity contribution < 1.29 is 4.39 Å². The third kappa shape index (κ3) is 2.25. The van der Waals surface area contributed by atoms with E-state index in [1.807, 2.05) is 32.0 Å². The molecule has 0 amide bonds. The summed E-state index contributed by atoms with van der Waals surface area (Å²) in [6.45, 7) is 4.02. The SMILES string of the molecule is CNc1ncc(F)c(-c2ccc(C)c(C)c2)n1. The van der Waals surface area contributed by atoms with Crippen LogP contribution >= 0.6 is 0 Å². The summed E-state index contributed by atoms with van der Waals surface area (Å²) < 4.78 is 13.7. The topological polar surface area (TPSA) is 37.8 Å². The number of aromatic nitrogens is 2. The molecule has 0 spiro atoms. The summed E-state index contributed by atoms with van der Waals surface area (Å²) in [5, 5.41) is 2.80. The maximum atomic E-state index is 13.7. The highest BCUT2D eigenvalue weighted by atomic mass is 19.1. The molecule has 17 heavy (non-hydrogen) atoms. The summed E-state index contributed by atoms with van der Waals surface area (Å²) in [6, 6.07) is 5.76. The van der Waals surface area contributed by atoms with Crippen molar-refractivity contribution in [1.82, 2.24) is 9.97 Å². The molecule has 2 rings (SSSR count). The van der Waals surface area contributed by atoms with E-state index < -0.39 is 5.82 Å². The van der Waals surface area contributed by atoms with Gasteiger partial charge in [-0.2, -0.15) is 0 Å². The van der Waals surface area contributed by atoms with E-state index in [4.69, 9.17) is 0 Å². The van der Waals surface area contributed by atoms with Crippen molar-refractivity contribution in [2.24, 2.45) is 0 Å². The molecule has 0 aliphatic rings. The molecule has 0 saturated heterocycles. The highest BCUT2D eigenvalue weighted by Gasteiger charge is 2.09. The van der Waals surface area contributed by atoms with Crippen LogP contribution in [0.2, 0.25) is 0 Å². The molecule has 0 saturated carbocycles. The maximum absolute atomic E-state index is 13.7. The van der Waals surface area contributed by atoms with Crippen LogP contribution in [0.5, 0.6) is 0 Å². The second kappa shape index (κ2) is 4.49. The predicted molar refractivity (Wildman–Crippen MR) is 66.4 cm³/mol. The zero-order chi connectivity index (χ0) is 12.4. The number of nitrogens with one attached hydrogen (secondary N) is 1. The lowest BCUT2D eigenvalue weighted by Crippen LogP contribution is -2.00. The summed E-state index contributed by atoms with van der Waals surface area (Å²) in [6.07, 6.45) is 1.18. The molecule has 4 heteroatoms. The Morgan fingerprint density at radius 1 is 1.18 bits per heavy atom. The molecule has 1 N–H and O–H groups in total. The summed E-state index contributed by atoms with van der Waals surface area (Å²) in [5.74, 6) is 0.00637. The van der Waals surface area contributed by atoms with E-state index in [1.54, 1.807) is 7.05 Å². The first kappa shape index (κ1) is 11.5. The van der Waals surface area contributed by atoms with Gasteiger partial charge in [0, 0.05) is 12.6 Å². The highest BCUT2D eigenvalue weighted by molar-refractivity contribution is 5.62. The molecule has 0 unspecified atom stereocenters. The highest BCUT2D eigenvalue weighted by Crippen LogP contribution is 2.23. The maximum Gasteiger partial charge on any atom is 0.223 e. The number of halogens is 1. The molecule has 0 fully saturated rings. The van der Waals surface area contributed by atoms with Gasteiger partial charge in [-0.15, -0.1) is 0 Å². The fourth-order valence-corrected chi connectivity index (χ4v) is 1.58. The van der Waals surface area contributed by atoms with E-state index >= 15 is 0 Å². The molecule has 1 aromatic carbocycles. The fraction of sp³-hybridized carbons (Fsp3) is 0.231. The van der Waals surface area contributed by atoms with Gasteiger partial charge in [0.05, 0.1) is 6.20 Å². The number of hydrogen-bond donors (Lipinski definition) is 1. The van der Waals surface area contributed by atoms with Crippen LogP contribution in [0, 0.1) is 19.7 Å².